The Bertz CT molecular complexity index is 305. The Balaban J connectivity index is 2.79. The van der Waals surface area contributed by atoms with Gasteiger partial charge in [0.2, 0.25) is 0 Å². The molecule has 0 amide bonds. The predicted octanol–water partition coefficient (Wildman–Crippen LogP) is 5.10. The maximum atomic E-state index is 2.38. The van der Waals surface area contributed by atoms with Crippen molar-refractivity contribution >= 4 is 0 Å². The van der Waals surface area contributed by atoms with Gasteiger partial charge in [-0.15, -0.1) is 0 Å². The van der Waals surface area contributed by atoms with Crippen LogP contribution in [0.3, 0.4) is 0 Å². The summed E-state index contributed by atoms with van der Waals surface area (Å²) in [7, 11) is 0. The Morgan fingerprint density at radius 3 is 2.19 bits per heavy atom. The van der Waals surface area contributed by atoms with Crippen LogP contribution in [0.2, 0.25) is 0 Å². The van der Waals surface area contributed by atoms with E-state index < -0.39 is 0 Å². The zero-order valence-electron chi connectivity index (χ0n) is 11.5. The SMILES string of the molecule is CCCCC(C)C(C)(C)c1ccc(C)cc1. The molecular formula is C16H26. The van der Waals surface area contributed by atoms with Gasteiger partial charge in [-0.2, -0.15) is 0 Å². The summed E-state index contributed by atoms with van der Waals surface area (Å²) in [6, 6.07) is 9.03. The summed E-state index contributed by atoms with van der Waals surface area (Å²) in [6.45, 7) is 11.5. The maximum Gasteiger partial charge on any atom is -0.00779 e. The molecule has 0 saturated heterocycles. The van der Waals surface area contributed by atoms with E-state index >= 15 is 0 Å². The molecule has 0 aliphatic carbocycles. The van der Waals surface area contributed by atoms with Gasteiger partial charge in [-0.05, 0) is 30.2 Å². The van der Waals surface area contributed by atoms with E-state index in [1.54, 1.807) is 0 Å². The molecule has 0 fully saturated rings. The molecule has 0 heteroatoms. The van der Waals surface area contributed by atoms with Crippen LogP contribution in [0, 0.1) is 12.8 Å². The van der Waals surface area contributed by atoms with Crippen molar-refractivity contribution < 1.29 is 0 Å². The van der Waals surface area contributed by atoms with Gasteiger partial charge in [0, 0.05) is 0 Å². The maximum absolute atomic E-state index is 2.38. The van der Waals surface area contributed by atoms with E-state index in [2.05, 4.69) is 58.9 Å². The van der Waals surface area contributed by atoms with Crippen molar-refractivity contribution in [3.8, 4) is 0 Å². The van der Waals surface area contributed by atoms with Crippen molar-refractivity contribution in [1.29, 1.82) is 0 Å². The fraction of sp³-hybridized carbons (Fsp3) is 0.625. The lowest BCUT2D eigenvalue weighted by atomic mass is 9.72. The third kappa shape index (κ3) is 3.10. The van der Waals surface area contributed by atoms with Crippen molar-refractivity contribution in [1.82, 2.24) is 0 Å². The lowest BCUT2D eigenvalue weighted by Crippen LogP contribution is -2.26. The molecular weight excluding hydrogens is 192 g/mol. The summed E-state index contributed by atoms with van der Waals surface area (Å²) in [5.74, 6) is 0.746. The van der Waals surface area contributed by atoms with E-state index in [1.807, 2.05) is 0 Å². The molecule has 0 spiro atoms. The average molecular weight is 218 g/mol. The highest BCUT2D eigenvalue weighted by atomic mass is 14.3. The first-order valence-corrected chi connectivity index (χ1v) is 6.55. The van der Waals surface area contributed by atoms with Crippen LogP contribution in [0.15, 0.2) is 24.3 Å². The highest BCUT2D eigenvalue weighted by molar-refractivity contribution is 5.28. The first kappa shape index (κ1) is 13.3. The monoisotopic (exact) mass is 218 g/mol. The number of rotatable bonds is 5. The first-order chi connectivity index (χ1) is 7.48. The lowest BCUT2D eigenvalue weighted by molar-refractivity contribution is 0.316. The van der Waals surface area contributed by atoms with Gasteiger partial charge in [0.05, 0.1) is 0 Å². The van der Waals surface area contributed by atoms with Crippen LogP contribution < -0.4 is 0 Å². The largest absolute Gasteiger partial charge is 0.0654 e. The van der Waals surface area contributed by atoms with Crippen LogP contribution in [0.25, 0.3) is 0 Å². The molecule has 1 aromatic carbocycles. The molecule has 1 unspecified atom stereocenters. The number of hydrogen-bond acceptors (Lipinski definition) is 0. The predicted molar refractivity (Wildman–Crippen MR) is 72.9 cm³/mol. The van der Waals surface area contributed by atoms with Gasteiger partial charge in [0.15, 0.2) is 0 Å². The summed E-state index contributed by atoms with van der Waals surface area (Å²) in [4.78, 5) is 0. The number of benzene rings is 1. The Labute approximate surface area is 101 Å². The number of hydrogen-bond donors (Lipinski definition) is 0. The number of aryl methyl sites for hydroxylation is 1. The van der Waals surface area contributed by atoms with E-state index in [0.29, 0.717) is 5.41 Å². The lowest BCUT2D eigenvalue weighted by Gasteiger charge is -2.32. The van der Waals surface area contributed by atoms with Crippen molar-refractivity contribution in [3.63, 3.8) is 0 Å². The van der Waals surface area contributed by atoms with Crippen LogP contribution in [0.4, 0.5) is 0 Å². The average Bonchev–Trinajstić information content (AvgIpc) is 2.26. The van der Waals surface area contributed by atoms with Crippen LogP contribution in [-0.4, -0.2) is 0 Å². The minimum Gasteiger partial charge on any atom is -0.0654 e. The Morgan fingerprint density at radius 2 is 1.69 bits per heavy atom. The number of unbranched alkanes of at least 4 members (excludes halogenated alkanes) is 1. The minimum absolute atomic E-state index is 0.295. The van der Waals surface area contributed by atoms with Crippen LogP contribution in [0.1, 0.15) is 58.1 Å². The van der Waals surface area contributed by atoms with E-state index in [9.17, 15) is 0 Å². The molecule has 0 radical (unpaired) electrons. The second kappa shape index (κ2) is 5.52. The van der Waals surface area contributed by atoms with Gasteiger partial charge in [-0.25, -0.2) is 0 Å². The molecule has 0 aliphatic heterocycles. The highest BCUT2D eigenvalue weighted by Crippen LogP contribution is 2.34. The molecule has 0 bridgehead atoms. The molecule has 1 atom stereocenters. The summed E-state index contributed by atoms with van der Waals surface area (Å²) in [5.41, 5.74) is 3.12. The molecule has 1 aromatic rings. The van der Waals surface area contributed by atoms with Crippen molar-refractivity contribution in [2.45, 2.75) is 59.3 Å². The Morgan fingerprint density at radius 1 is 1.12 bits per heavy atom. The normalized spacial score (nSPS) is 13.8. The quantitative estimate of drug-likeness (QED) is 0.645. The van der Waals surface area contributed by atoms with Crippen molar-refractivity contribution in [2.24, 2.45) is 5.92 Å². The second-order valence-corrected chi connectivity index (χ2v) is 5.63. The molecule has 0 nitrogen and oxygen atoms in total. The van der Waals surface area contributed by atoms with Gasteiger partial charge < -0.3 is 0 Å². The Hall–Kier alpha value is -0.780. The molecule has 0 saturated carbocycles. The van der Waals surface area contributed by atoms with Gasteiger partial charge in [0.1, 0.15) is 0 Å². The topological polar surface area (TPSA) is 0 Å². The van der Waals surface area contributed by atoms with E-state index in [-0.39, 0.29) is 0 Å². The summed E-state index contributed by atoms with van der Waals surface area (Å²) < 4.78 is 0. The summed E-state index contributed by atoms with van der Waals surface area (Å²) in [5, 5.41) is 0. The summed E-state index contributed by atoms with van der Waals surface area (Å²) in [6.07, 6.45) is 3.97. The highest BCUT2D eigenvalue weighted by Gasteiger charge is 2.26. The molecule has 0 aromatic heterocycles. The smallest absolute Gasteiger partial charge is 0.00779 e. The fourth-order valence-electron chi connectivity index (χ4n) is 2.14. The molecule has 90 valence electrons. The first-order valence-electron chi connectivity index (χ1n) is 6.55. The molecule has 16 heavy (non-hydrogen) atoms. The van der Waals surface area contributed by atoms with Crippen LogP contribution in [-0.2, 0) is 5.41 Å². The van der Waals surface area contributed by atoms with Crippen LogP contribution in [0.5, 0.6) is 0 Å². The van der Waals surface area contributed by atoms with Crippen molar-refractivity contribution in [3.05, 3.63) is 35.4 Å². The van der Waals surface area contributed by atoms with Gasteiger partial charge in [-0.1, -0.05) is 70.4 Å². The molecule has 0 heterocycles. The molecule has 1 rings (SSSR count). The fourth-order valence-corrected chi connectivity index (χ4v) is 2.14. The standard InChI is InChI=1S/C16H26/c1-6-7-8-14(3)16(4,5)15-11-9-13(2)10-12-15/h9-12,14H,6-8H2,1-5H3. The second-order valence-electron chi connectivity index (χ2n) is 5.63. The van der Waals surface area contributed by atoms with Crippen LogP contribution >= 0.6 is 0 Å². The van der Waals surface area contributed by atoms with E-state index in [0.717, 1.165) is 5.92 Å². The van der Waals surface area contributed by atoms with Gasteiger partial charge >= 0.3 is 0 Å². The zero-order valence-corrected chi connectivity index (χ0v) is 11.5. The third-order valence-electron chi connectivity index (χ3n) is 4.02. The molecule has 0 N–H and O–H groups in total. The van der Waals surface area contributed by atoms with Gasteiger partial charge in [0.25, 0.3) is 0 Å². The summed E-state index contributed by atoms with van der Waals surface area (Å²) >= 11 is 0. The minimum atomic E-state index is 0.295. The van der Waals surface area contributed by atoms with Crippen molar-refractivity contribution in [2.75, 3.05) is 0 Å². The Kier molecular flexibility index (Phi) is 4.58. The zero-order chi connectivity index (χ0) is 12.2. The van der Waals surface area contributed by atoms with Gasteiger partial charge in [-0.3, -0.25) is 0 Å². The molecule has 0 aliphatic rings. The van der Waals surface area contributed by atoms with E-state index in [4.69, 9.17) is 0 Å². The third-order valence-corrected chi connectivity index (χ3v) is 4.02. The van der Waals surface area contributed by atoms with E-state index in [1.165, 1.54) is 30.4 Å².